The lowest BCUT2D eigenvalue weighted by Gasteiger charge is -2.24. The van der Waals surface area contributed by atoms with E-state index in [2.05, 4.69) is 10.3 Å². The van der Waals surface area contributed by atoms with Gasteiger partial charge in [-0.1, -0.05) is 11.6 Å². The number of methoxy groups -OCH3 is 1. The van der Waals surface area contributed by atoms with Crippen LogP contribution in [0.5, 0.6) is 5.75 Å². The highest BCUT2D eigenvalue weighted by Gasteiger charge is 2.26. The van der Waals surface area contributed by atoms with Crippen LogP contribution in [0.4, 0.5) is 5.69 Å². The van der Waals surface area contributed by atoms with Gasteiger partial charge in [-0.15, -0.1) is 0 Å². The summed E-state index contributed by atoms with van der Waals surface area (Å²) in [6.07, 6.45) is 1.58. The number of hydrogen-bond donors (Lipinski definition) is 2. The number of amides is 1. The summed E-state index contributed by atoms with van der Waals surface area (Å²) < 4.78 is 27.7. The Morgan fingerprint density at radius 2 is 1.78 bits per heavy atom. The lowest BCUT2D eigenvalue weighted by Crippen LogP contribution is -2.34. The number of H-pyrrole nitrogens is 1. The van der Waals surface area contributed by atoms with E-state index in [9.17, 15) is 24.0 Å². The zero-order chi connectivity index (χ0) is 36.3. The van der Waals surface area contributed by atoms with Crippen molar-refractivity contribution < 1.29 is 37.4 Å². The van der Waals surface area contributed by atoms with E-state index in [1.807, 2.05) is 20.8 Å². The second-order valence-electron chi connectivity index (χ2n) is 12.5. The number of aromatic amines is 1. The molecule has 2 aromatic carbocycles. The summed E-state index contributed by atoms with van der Waals surface area (Å²) in [6.45, 7) is 8.45. The number of esters is 1. The van der Waals surface area contributed by atoms with Crippen molar-refractivity contribution in [2.75, 3.05) is 19.0 Å². The number of hydrogen-bond acceptors (Lipinski definition) is 10. The molecule has 2 N–H and O–H groups in total. The van der Waals surface area contributed by atoms with Crippen molar-refractivity contribution in [2.24, 2.45) is 0 Å². The van der Waals surface area contributed by atoms with Gasteiger partial charge in [0.25, 0.3) is 5.56 Å². The zero-order valence-electron chi connectivity index (χ0n) is 28.3. The first-order valence-corrected chi connectivity index (χ1v) is 16.0. The number of benzene rings is 2. The number of ketones is 1. The molecule has 50 heavy (non-hydrogen) atoms. The van der Waals surface area contributed by atoms with E-state index in [1.54, 1.807) is 42.5 Å². The summed E-state index contributed by atoms with van der Waals surface area (Å²) in [5.41, 5.74) is 1.26. The van der Waals surface area contributed by atoms with Gasteiger partial charge in [-0.3, -0.25) is 19.0 Å². The summed E-state index contributed by atoms with van der Waals surface area (Å²) in [6, 6.07) is 11.6. The summed E-state index contributed by atoms with van der Waals surface area (Å²) in [5, 5.41) is 3.84. The Hall–Kier alpha value is -5.40. The van der Waals surface area contributed by atoms with Gasteiger partial charge in [-0.25, -0.2) is 9.59 Å². The van der Waals surface area contributed by atoms with Crippen molar-refractivity contribution >= 4 is 45.9 Å². The molecule has 14 heteroatoms. The van der Waals surface area contributed by atoms with Gasteiger partial charge in [-0.2, -0.15) is 0 Å². The van der Waals surface area contributed by atoms with Crippen molar-refractivity contribution in [1.29, 1.82) is 0 Å². The van der Waals surface area contributed by atoms with E-state index >= 15 is 0 Å². The van der Waals surface area contributed by atoms with Gasteiger partial charge in [0, 0.05) is 51.8 Å². The number of nitrogens with zero attached hydrogens (tertiary/aromatic N) is 1. The van der Waals surface area contributed by atoms with E-state index in [1.165, 1.54) is 37.8 Å². The largest absolute Gasteiger partial charge is 0.519 e. The molecule has 3 aromatic heterocycles. The molecule has 1 atom stereocenters. The third-order valence-corrected chi connectivity index (χ3v) is 7.99. The van der Waals surface area contributed by atoms with Crippen LogP contribution in [-0.2, 0) is 20.9 Å². The number of halogens is 1. The number of pyridine rings is 1. The molecule has 3 heterocycles. The number of anilines is 1. The quantitative estimate of drug-likeness (QED) is 0.108. The third-order valence-electron chi connectivity index (χ3n) is 7.76. The minimum atomic E-state index is -1.03. The third kappa shape index (κ3) is 8.24. The molecule has 0 aliphatic carbocycles. The fourth-order valence-electron chi connectivity index (χ4n) is 5.33. The molecule has 0 unspecified atom stereocenters. The average Bonchev–Trinajstić information content (AvgIpc) is 3.62. The minimum absolute atomic E-state index is 0.101. The van der Waals surface area contributed by atoms with Crippen LogP contribution < -0.4 is 21.4 Å². The van der Waals surface area contributed by atoms with Crippen molar-refractivity contribution in [2.45, 2.75) is 59.3 Å². The first-order chi connectivity index (χ1) is 23.6. The number of aromatic nitrogens is 2. The maximum atomic E-state index is 13.9. The SMILES string of the molecule is COc1cn([C@@H](CCOC(C)(C)C)C(=O)Nc2ccc3[nH]c(C(=O)OCc4oc(=O)oc4C)cc3c2)c(=O)cc1-c1cc(Cl)ccc1C(C)=O. The minimum Gasteiger partial charge on any atom is -0.495 e. The van der Waals surface area contributed by atoms with Crippen molar-refractivity contribution in [3.05, 3.63) is 103 Å². The number of rotatable bonds is 12. The van der Waals surface area contributed by atoms with Gasteiger partial charge in [0.15, 0.2) is 23.9 Å². The summed E-state index contributed by atoms with van der Waals surface area (Å²) >= 11 is 6.25. The van der Waals surface area contributed by atoms with E-state index in [0.717, 1.165) is 0 Å². The highest BCUT2D eigenvalue weighted by Crippen LogP contribution is 2.34. The predicted molar refractivity (Wildman–Crippen MR) is 185 cm³/mol. The van der Waals surface area contributed by atoms with Crippen LogP contribution in [0.15, 0.2) is 73.2 Å². The van der Waals surface area contributed by atoms with Crippen LogP contribution in [0.25, 0.3) is 22.0 Å². The molecule has 0 aliphatic heterocycles. The molecule has 0 saturated carbocycles. The Morgan fingerprint density at radius 3 is 2.44 bits per heavy atom. The van der Waals surface area contributed by atoms with Crippen LogP contribution in [0.2, 0.25) is 5.02 Å². The average molecular weight is 706 g/mol. The maximum Gasteiger partial charge on any atom is 0.519 e. The number of aryl methyl sites for hydroxylation is 1. The van der Waals surface area contributed by atoms with Crippen molar-refractivity contribution in [3.63, 3.8) is 0 Å². The number of carbonyl (C=O) groups excluding carboxylic acids is 3. The van der Waals surface area contributed by atoms with Gasteiger partial charge in [0.2, 0.25) is 5.91 Å². The highest BCUT2D eigenvalue weighted by atomic mass is 35.5. The Morgan fingerprint density at radius 1 is 1.02 bits per heavy atom. The molecular weight excluding hydrogens is 670 g/mol. The number of carbonyl (C=O) groups is 3. The van der Waals surface area contributed by atoms with Crippen LogP contribution >= 0.6 is 11.6 Å². The molecule has 0 aliphatic rings. The fraction of sp³-hybridized carbons (Fsp3) is 0.306. The second kappa shape index (κ2) is 14.6. The number of Topliss-reactive ketones (excluding diaryl/α,β-unsaturated/α-hetero) is 1. The molecule has 0 saturated heterocycles. The lowest BCUT2D eigenvalue weighted by molar-refractivity contribution is -0.120. The maximum absolute atomic E-state index is 13.9. The van der Waals surface area contributed by atoms with Crippen molar-refractivity contribution in [1.82, 2.24) is 9.55 Å². The topological polar surface area (TPSA) is 172 Å². The monoisotopic (exact) mass is 705 g/mol. The van der Waals surface area contributed by atoms with Crippen LogP contribution in [0.1, 0.15) is 72.5 Å². The highest BCUT2D eigenvalue weighted by molar-refractivity contribution is 6.31. The van der Waals surface area contributed by atoms with Crippen molar-refractivity contribution in [3.8, 4) is 16.9 Å². The molecule has 262 valence electrons. The Kier molecular flexibility index (Phi) is 10.5. The van der Waals surface area contributed by atoms with Crippen LogP contribution in [-0.4, -0.2) is 46.5 Å². The fourth-order valence-corrected chi connectivity index (χ4v) is 5.50. The number of fused-ring (bicyclic) bond motifs is 1. The standard InChI is InChI=1S/C36H36ClN3O10/c1-19(41)24-9-7-22(37)15-25(24)26-16-32(42)40(17-30(26)46-6)29(11-12-48-36(3,4)5)33(43)38-23-8-10-27-21(13-23)14-28(39-27)34(44)47-18-31-20(2)49-35(45)50-31/h7-10,13-17,29,39H,11-12,18H2,1-6H3,(H,38,43)/t29-/m0/s1. The van der Waals surface area contributed by atoms with Gasteiger partial charge >= 0.3 is 11.8 Å². The van der Waals surface area contributed by atoms with E-state index in [-0.39, 0.29) is 48.4 Å². The Balaban J connectivity index is 1.43. The predicted octanol–water partition coefficient (Wildman–Crippen LogP) is 6.46. The smallest absolute Gasteiger partial charge is 0.495 e. The summed E-state index contributed by atoms with van der Waals surface area (Å²) in [5.74, 6) is -1.74. The number of nitrogens with one attached hydrogen (secondary N) is 2. The van der Waals surface area contributed by atoms with E-state index in [4.69, 9.17) is 34.6 Å². The molecule has 5 rings (SSSR count). The molecule has 5 aromatic rings. The van der Waals surface area contributed by atoms with Gasteiger partial charge in [0.1, 0.15) is 17.5 Å². The summed E-state index contributed by atoms with van der Waals surface area (Å²) in [4.78, 5) is 67.0. The van der Waals surface area contributed by atoms with E-state index < -0.39 is 34.9 Å². The Labute approximate surface area is 291 Å². The van der Waals surface area contributed by atoms with Gasteiger partial charge in [-0.05, 0) is 82.6 Å². The molecule has 13 nitrogen and oxygen atoms in total. The second-order valence-corrected chi connectivity index (χ2v) is 12.9. The Bertz CT molecular complexity index is 2200. The molecule has 1 amide bonds. The van der Waals surface area contributed by atoms with Gasteiger partial charge in [0.05, 0.1) is 18.9 Å². The van der Waals surface area contributed by atoms with Crippen LogP contribution in [0.3, 0.4) is 0 Å². The van der Waals surface area contributed by atoms with Gasteiger partial charge < -0.3 is 33.3 Å². The molecule has 0 fully saturated rings. The summed E-state index contributed by atoms with van der Waals surface area (Å²) in [7, 11) is 1.43. The zero-order valence-corrected chi connectivity index (χ0v) is 29.1. The molecule has 0 radical (unpaired) electrons. The molecular formula is C36H36ClN3O10. The first kappa shape index (κ1) is 35.9. The molecule has 0 bridgehead atoms. The van der Waals surface area contributed by atoms with Crippen LogP contribution in [0, 0.1) is 6.92 Å². The lowest BCUT2D eigenvalue weighted by atomic mass is 9.97. The van der Waals surface area contributed by atoms with E-state index in [0.29, 0.717) is 38.3 Å². The number of ether oxygens (including phenoxy) is 3. The first-order valence-electron chi connectivity index (χ1n) is 15.6. The normalized spacial score (nSPS) is 12.1. The molecule has 0 spiro atoms.